The molecule has 1 fully saturated rings. The van der Waals surface area contributed by atoms with Crippen molar-refractivity contribution in [1.29, 1.82) is 0 Å². The van der Waals surface area contributed by atoms with Crippen LogP contribution in [0.3, 0.4) is 0 Å². The molecule has 0 aliphatic carbocycles. The molecule has 6 nitrogen and oxygen atoms in total. The minimum Gasteiger partial charge on any atom is -0.337 e. The highest BCUT2D eigenvalue weighted by molar-refractivity contribution is 5.92. The standard InChI is InChI=1S/C17H17N5O/c23-17(15-5-9-19-21-15)22-10-6-12(7-11-22)14-4-3-13-2-1-8-18-16(13)20-14/h1-5,8-9,12H,6-7,10-11H2,(H,19,21). The molecule has 4 rings (SSSR count). The van der Waals surface area contributed by atoms with Crippen LogP contribution in [0.2, 0.25) is 0 Å². The molecule has 0 atom stereocenters. The van der Waals surface area contributed by atoms with Crippen LogP contribution in [0.15, 0.2) is 42.7 Å². The molecule has 1 aliphatic heterocycles. The minimum absolute atomic E-state index is 0.0223. The summed E-state index contributed by atoms with van der Waals surface area (Å²) < 4.78 is 0. The number of carbonyl (C=O) groups excluding carboxylic acids is 1. The van der Waals surface area contributed by atoms with Gasteiger partial charge in [-0.1, -0.05) is 0 Å². The quantitative estimate of drug-likeness (QED) is 0.788. The Morgan fingerprint density at radius 1 is 1.13 bits per heavy atom. The van der Waals surface area contributed by atoms with Crippen molar-refractivity contribution >= 4 is 16.9 Å². The van der Waals surface area contributed by atoms with E-state index in [9.17, 15) is 4.79 Å². The first-order valence-electron chi connectivity index (χ1n) is 7.81. The fourth-order valence-corrected chi connectivity index (χ4v) is 3.12. The molecule has 0 radical (unpaired) electrons. The van der Waals surface area contributed by atoms with Crippen LogP contribution < -0.4 is 0 Å². The number of nitrogens with zero attached hydrogens (tertiary/aromatic N) is 4. The van der Waals surface area contributed by atoms with Gasteiger partial charge in [0.05, 0.1) is 0 Å². The summed E-state index contributed by atoms with van der Waals surface area (Å²) >= 11 is 0. The lowest BCUT2D eigenvalue weighted by molar-refractivity contribution is 0.0706. The van der Waals surface area contributed by atoms with Gasteiger partial charge in [0.25, 0.3) is 5.91 Å². The summed E-state index contributed by atoms with van der Waals surface area (Å²) in [5.41, 5.74) is 2.42. The molecule has 4 heterocycles. The third kappa shape index (κ3) is 2.67. The van der Waals surface area contributed by atoms with Crippen molar-refractivity contribution in [3.05, 3.63) is 54.1 Å². The van der Waals surface area contributed by atoms with E-state index in [-0.39, 0.29) is 5.91 Å². The number of piperidine rings is 1. The Bertz CT molecular complexity index is 822. The Hall–Kier alpha value is -2.76. The second-order valence-corrected chi connectivity index (χ2v) is 5.82. The molecule has 1 N–H and O–H groups in total. The lowest BCUT2D eigenvalue weighted by Crippen LogP contribution is -2.38. The molecule has 0 spiro atoms. The van der Waals surface area contributed by atoms with Crippen molar-refractivity contribution in [2.24, 2.45) is 0 Å². The number of amides is 1. The fraction of sp³-hybridized carbons (Fsp3) is 0.294. The van der Waals surface area contributed by atoms with Crippen molar-refractivity contribution in [3.63, 3.8) is 0 Å². The third-order valence-corrected chi connectivity index (χ3v) is 4.42. The number of likely N-dealkylation sites (tertiary alicyclic amines) is 1. The normalized spacial score (nSPS) is 15.9. The molecule has 0 unspecified atom stereocenters. The SMILES string of the molecule is O=C(c1ccn[nH]1)N1CCC(c2ccc3cccnc3n2)CC1. The Morgan fingerprint density at radius 2 is 2.00 bits per heavy atom. The highest BCUT2D eigenvalue weighted by Gasteiger charge is 2.25. The van der Waals surface area contributed by atoms with Crippen molar-refractivity contribution in [2.75, 3.05) is 13.1 Å². The maximum absolute atomic E-state index is 12.3. The molecule has 1 saturated heterocycles. The highest BCUT2D eigenvalue weighted by Crippen LogP contribution is 2.28. The van der Waals surface area contributed by atoms with Gasteiger partial charge >= 0.3 is 0 Å². The maximum Gasteiger partial charge on any atom is 0.271 e. The predicted octanol–water partition coefficient (Wildman–Crippen LogP) is 2.37. The van der Waals surface area contributed by atoms with Crippen LogP contribution in [0.5, 0.6) is 0 Å². The van der Waals surface area contributed by atoms with Crippen LogP contribution in [0.25, 0.3) is 11.0 Å². The van der Waals surface area contributed by atoms with Gasteiger partial charge in [-0.2, -0.15) is 5.10 Å². The number of aromatic amines is 1. The number of hydrogen-bond donors (Lipinski definition) is 1. The average Bonchev–Trinajstić information content (AvgIpc) is 3.15. The summed E-state index contributed by atoms with van der Waals surface area (Å²) in [6, 6.07) is 9.81. The Kier molecular flexibility index (Phi) is 3.49. The van der Waals surface area contributed by atoms with E-state index in [0.717, 1.165) is 42.7 Å². The van der Waals surface area contributed by atoms with Crippen LogP contribution in [-0.4, -0.2) is 44.1 Å². The Morgan fingerprint density at radius 3 is 2.78 bits per heavy atom. The first-order chi connectivity index (χ1) is 11.3. The number of carbonyl (C=O) groups is 1. The largest absolute Gasteiger partial charge is 0.337 e. The van der Waals surface area contributed by atoms with Crippen LogP contribution in [0.1, 0.15) is 34.9 Å². The van der Waals surface area contributed by atoms with Gasteiger partial charge in [-0.25, -0.2) is 9.97 Å². The van der Waals surface area contributed by atoms with Gasteiger partial charge in [-0.05, 0) is 43.2 Å². The lowest BCUT2D eigenvalue weighted by atomic mass is 9.92. The fourth-order valence-electron chi connectivity index (χ4n) is 3.12. The van der Waals surface area contributed by atoms with Crippen molar-refractivity contribution in [3.8, 4) is 0 Å². The van der Waals surface area contributed by atoms with Gasteiger partial charge in [0, 0.05) is 42.5 Å². The second-order valence-electron chi connectivity index (χ2n) is 5.82. The summed E-state index contributed by atoms with van der Waals surface area (Å²) in [5.74, 6) is 0.404. The van der Waals surface area contributed by atoms with Crippen LogP contribution >= 0.6 is 0 Å². The summed E-state index contributed by atoms with van der Waals surface area (Å²) in [7, 11) is 0. The summed E-state index contributed by atoms with van der Waals surface area (Å²) in [6.45, 7) is 1.48. The number of nitrogens with one attached hydrogen (secondary N) is 1. The van der Waals surface area contributed by atoms with Crippen LogP contribution in [0, 0.1) is 0 Å². The van der Waals surface area contributed by atoms with Gasteiger partial charge in [-0.15, -0.1) is 0 Å². The average molecular weight is 307 g/mol. The molecule has 1 aliphatic rings. The number of H-pyrrole nitrogens is 1. The smallest absolute Gasteiger partial charge is 0.271 e. The van der Waals surface area contributed by atoms with E-state index in [1.165, 1.54) is 0 Å². The van der Waals surface area contributed by atoms with E-state index < -0.39 is 0 Å². The minimum atomic E-state index is 0.0223. The predicted molar refractivity (Wildman–Crippen MR) is 86.0 cm³/mol. The summed E-state index contributed by atoms with van der Waals surface area (Å²) in [4.78, 5) is 23.2. The molecular formula is C17H17N5O. The van der Waals surface area contributed by atoms with Crippen molar-refractivity contribution < 1.29 is 4.79 Å². The van der Waals surface area contributed by atoms with E-state index in [1.807, 2.05) is 17.0 Å². The molecule has 3 aromatic rings. The number of rotatable bonds is 2. The zero-order valence-corrected chi connectivity index (χ0v) is 12.6. The lowest BCUT2D eigenvalue weighted by Gasteiger charge is -2.31. The molecule has 6 heteroatoms. The number of fused-ring (bicyclic) bond motifs is 1. The Labute approximate surface area is 133 Å². The molecule has 0 saturated carbocycles. The zero-order valence-electron chi connectivity index (χ0n) is 12.6. The van der Waals surface area contributed by atoms with Gasteiger partial charge < -0.3 is 4.90 Å². The second kappa shape index (κ2) is 5.79. The number of aromatic nitrogens is 4. The molecule has 1 amide bonds. The van der Waals surface area contributed by atoms with E-state index in [4.69, 9.17) is 0 Å². The number of pyridine rings is 2. The van der Waals surface area contributed by atoms with Crippen LogP contribution in [-0.2, 0) is 0 Å². The molecule has 116 valence electrons. The van der Waals surface area contributed by atoms with Gasteiger partial charge in [-0.3, -0.25) is 9.89 Å². The van der Waals surface area contributed by atoms with E-state index in [2.05, 4.69) is 32.3 Å². The third-order valence-electron chi connectivity index (χ3n) is 4.42. The van der Waals surface area contributed by atoms with Crippen LogP contribution in [0.4, 0.5) is 0 Å². The van der Waals surface area contributed by atoms with Gasteiger partial charge in [0.2, 0.25) is 0 Å². The topological polar surface area (TPSA) is 74.8 Å². The molecular weight excluding hydrogens is 290 g/mol. The van der Waals surface area contributed by atoms with Crippen molar-refractivity contribution in [1.82, 2.24) is 25.1 Å². The van der Waals surface area contributed by atoms with Crippen molar-refractivity contribution in [2.45, 2.75) is 18.8 Å². The van der Waals surface area contributed by atoms with Gasteiger partial charge in [0.15, 0.2) is 5.65 Å². The van der Waals surface area contributed by atoms with E-state index >= 15 is 0 Å². The summed E-state index contributed by atoms with van der Waals surface area (Å²) in [5, 5.41) is 7.63. The van der Waals surface area contributed by atoms with Gasteiger partial charge in [0.1, 0.15) is 5.69 Å². The molecule has 3 aromatic heterocycles. The zero-order chi connectivity index (χ0) is 15.6. The molecule has 0 bridgehead atoms. The molecule has 0 aromatic carbocycles. The Balaban J connectivity index is 1.47. The highest BCUT2D eigenvalue weighted by atomic mass is 16.2. The number of hydrogen-bond acceptors (Lipinski definition) is 4. The summed E-state index contributed by atoms with van der Waals surface area (Å²) in [6.07, 6.45) is 5.22. The van der Waals surface area contributed by atoms with E-state index in [0.29, 0.717) is 11.6 Å². The first kappa shape index (κ1) is 13.9. The monoisotopic (exact) mass is 307 g/mol. The maximum atomic E-state index is 12.3. The first-order valence-corrected chi connectivity index (χ1v) is 7.81. The molecule has 23 heavy (non-hydrogen) atoms. The van der Waals surface area contributed by atoms with E-state index in [1.54, 1.807) is 18.5 Å².